The third-order valence-corrected chi connectivity index (χ3v) is 5.72. The second-order valence-corrected chi connectivity index (χ2v) is 7.49. The average molecular weight is 393 g/mol. The van der Waals surface area contributed by atoms with Crippen LogP contribution < -0.4 is 5.56 Å². The second-order valence-electron chi connectivity index (χ2n) is 6.58. The van der Waals surface area contributed by atoms with Gasteiger partial charge in [0.15, 0.2) is 5.16 Å². The van der Waals surface area contributed by atoms with E-state index in [0.29, 0.717) is 33.7 Å². The Morgan fingerprint density at radius 2 is 1.57 bits per heavy atom. The molecule has 142 valence electrons. The number of carbonyl (C=O) groups excluding carboxylic acids is 2. The molecule has 6 nitrogen and oxygen atoms in total. The molecule has 2 aromatic carbocycles. The summed E-state index contributed by atoms with van der Waals surface area (Å²) in [4.78, 5) is 43.9. The summed E-state index contributed by atoms with van der Waals surface area (Å²) in [5.74, 6) is -0.504. The molecule has 0 saturated carbocycles. The van der Waals surface area contributed by atoms with Crippen LogP contribution >= 0.6 is 11.8 Å². The first-order valence-electron chi connectivity index (χ1n) is 9.19. The van der Waals surface area contributed by atoms with E-state index in [1.807, 2.05) is 12.1 Å². The lowest BCUT2D eigenvalue weighted by Crippen LogP contribution is -2.30. The molecule has 0 aliphatic carbocycles. The number of rotatable bonds is 6. The molecule has 4 rings (SSSR count). The number of thioether (sulfide) groups is 1. The van der Waals surface area contributed by atoms with E-state index in [9.17, 15) is 14.4 Å². The lowest BCUT2D eigenvalue weighted by Gasteiger charge is -2.16. The normalized spacial score (nSPS) is 13.4. The number of imide groups is 1. The number of unbranched alkanes of at least 4 members (excludes halogenated alkanes) is 1. The molecular formula is C21H19N3O3S. The highest BCUT2D eigenvalue weighted by Crippen LogP contribution is 2.27. The molecule has 1 aromatic heterocycles. The van der Waals surface area contributed by atoms with E-state index in [0.717, 1.165) is 12.8 Å². The van der Waals surface area contributed by atoms with Crippen LogP contribution in [-0.2, 0) is 6.54 Å². The zero-order valence-corrected chi connectivity index (χ0v) is 16.2. The molecule has 0 radical (unpaired) electrons. The number of hydrogen-bond acceptors (Lipinski definition) is 5. The monoisotopic (exact) mass is 393 g/mol. The molecular weight excluding hydrogens is 374 g/mol. The summed E-state index contributed by atoms with van der Waals surface area (Å²) in [6.07, 6.45) is 1.79. The van der Waals surface area contributed by atoms with Crippen LogP contribution in [0.25, 0.3) is 10.9 Å². The van der Waals surface area contributed by atoms with Crippen LogP contribution in [0.1, 0.15) is 40.5 Å². The third kappa shape index (κ3) is 3.11. The number of hydrogen-bond donors (Lipinski definition) is 0. The summed E-state index contributed by atoms with van der Waals surface area (Å²) in [7, 11) is 0. The van der Waals surface area contributed by atoms with Crippen molar-refractivity contribution in [1.82, 2.24) is 14.5 Å². The van der Waals surface area contributed by atoms with Crippen molar-refractivity contribution in [3.05, 3.63) is 70.0 Å². The standard InChI is InChI=1S/C21H19N3O3S/c1-2-3-12-23-20(27)16-10-6-7-11-17(16)22-21(23)28-13-24-18(25)14-8-4-5-9-15(14)19(24)26/h4-11H,2-3,12-13H2,1H3. The number of aromatic nitrogens is 2. The fraction of sp³-hybridized carbons (Fsp3) is 0.238. The average Bonchev–Trinajstić information content (AvgIpc) is 2.96. The minimum Gasteiger partial charge on any atom is -0.287 e. The largest absolute Gasteiger partial charge is 0.287 e. The molecule has 1 aliphatic heterocycles. The van der Waals surface area contributed by atoms with E-state index >= 15 is 0 Å². The van der Waals surface area contributed by atoms with Gasteiger partial charge < -0.3 is 0 Å². The molecule has 2 heterocycles. The van der Waals surface area contributed by atoms with Crippen LogP contribution in [0.2, 0.25) is 0 Å². The molecule has 0 spiro atoms. The fourth-order valence-corrected chi connectivity index (χ4v) is 4.22. The zero-order valence-electron chi connectivity index (χ0n) is 15.4. The summed E-state index contributed by atoms with van der Waals surface area (Å²) >= 11 is 1.24. The minimum atomic E-state index is -0.309. The number of carbonyl (C=O) groups is 2. The summed E-state index contributed by atoms with van der Waals surface area (Å²) in [6, 6.07) is 14.0. The van der Waals surface area contributed by atoms with Crippen LogP contribution in [0.4, 0.5) is 0 Å². The smallest absolute Gasteiger partial charge is 0.262 e. The van der Waals surface area contributed by atoms with Crippen molar-refractivity contribution >= 4 is 34.5 Å². The molecule has 0 fully saturated rings. The highest BCUT2D eigenvalue weighted by Gasteiger charge is 2.35. The van der Waals surface area contributed by atoms with Gasteiger partial charge in [-0.2, -0.15) is 0 Å². The van der Waals surface area contributed by atoms with E-state index in [1.54, 1.807) is 41.0 Å². The highest BCUT2D eigenvalue weighted by molar-refractivity contribution is 7.99. The Labute approximate surface area is 166 Å². The van der Waals surface area contributed by atoms with E-state index < -0.39 is 0 Å². The second kappa shape index (κ2) is 7.59. The predicted molar refractivity (Wildman–Crippen MR) is 109 cm³/mol. The molecule has 0 N–H and O–H groups in total. The van der Waals surface area contributed by atoms with Crippen molar-refractivity contribution in [2.75, 3.05) is 5.88 Å². The Morgan fingerprint density at radius 3 is 2.25 bits per heavy atom. The molecule has 0 bridgehead atoms. The maximum atomic E-state index is 12.9. The van der Waals surface area contributed by atoms with Gasteiger partial charge >= 0.3 is 0 Å². The first-order valence-corrected chi connectivity index (χ1v) is 10.2. The van der Waals surface area contributed by atoms with Gasteiger partial charge in [0.2, 0.25) is 0 Å². The molecule has 0 saturated heterocycles. The maximum Gasteiger partial charge on any atom is 0.262 e. The number of nitrogens with zero attached hydrogens (tertiary/aromatic N) is 3. The van der Waals surface area contributed by atoms with Crippen LogP contribution in [0.3, 0.4) is 0 Å². The van der Waals surface area contributed by atoms with Crippen molar-refractivity contribution in [2.45, 2.75) is 31.5 Å². The van der Waals surface area contributed by atoms with Gasteiger partial charge in [0, 0.05) is 6.54 Å². The molecule has 0 unspecified atom stereocenters. The van der Waals surface area contributed by atoms with Gasteiger partial charge in [-0.15, -0.1) is 0 Å². The Bertz CT molecular complexity index is 1100. The van der Waals surface area contributed by atoms with Crippen LogP contribution in [0, 0.1) is 0 Å². The molecule has 7 heteroatoms. The fourth-order valence-electron chi connectivity index (χ4n) is 3.25. The van der Waals surface area contributed by atoms with Gasteiger partial charge in [-0.25, -0.2) is 4.98 Å². The molecule has 2 amide bonds. The number of para-hydroxylation sites is 1. The van der Waals surface area contributed by atoms with E-state index in [-0.39, 0.29) is 23.3 Å². The lowest BCUT2D eigenvalue weighted by molar-refractivity contribution is 0.0684. The van der Waals surface area contributed by atoms with Crippen molar-refractivity contribution in [3.63, 3.8) is 0 Å². The minimum absolute atomic E-state index is 0.0936. The molecule has 1 aliphatic rings. The summed E-state index contributed by atoms with van der Waals surface area (Å²) in [5, 5.41) is 1.09. The molecule has 0 atom stereocenters. The Hall–Kier alpha value is -2.93. The molecule has 3 aromatic rings. The predicted octanol–water partition coefficient (Wildman–Crippen LogP) is 3.54. The third-order valence-electron chi connectivity index (χ3n) is 4.76. The lowest BCUT2D eigenvalue weighted by atomic mass is 10.1. The van der Waals surface area contributed by atoms with Gasteiger partial charge in [-0.05, 0) is 30.7 Å². The van der Waals surface area contributed by atoms with Crippen molar-refractivity contribution < 1.29 is 9.59 Å². The number of fused-ring (bicyclic) bond motifs is 2. The Balaban J connectivity index is 1.66. The summed E-state index contributed by atoms with van der Waals surface area (Å²) in [6.45, 7) is 2.61. The summed E-state index contributed by atoms with van der Waals surface area (Å²) in [5.41, 5.74) is 1.36. The number of benzene rings is 2. The van der Waals surface area contributed by atoms with Gasteiger partial charge in [0.25, 0.3) is 17.4 Å². The number of amides is 2. The quantitative estimate of drug-likeness (QED) is 0.364. The van der Waals surface area contributed by atoms with Gasteiger partial charge in [-0.3, -0.25) is 23.9 Å². The summed E-state index contributed by atoms with van der Waals surface area (Å²) < 4.78 is 1.65. The van der Waals surface area contributed by atoms with E-state index in [2.05, 4.69) is 11.9 Å². The van der Waals surface area contributed by atoms with Crippen LogP contribution in [0.15, 0.2) is 58.5 Å². The maximum absolute atomic E-state index is 12.9. The van der Waals surface area contributed by atoms with E-state index in [1.165, 1.54) is 16.7 Å². The Morgan fingerprint density at radius 1 is 0.929 bits per heavy atom. The zero-order chi connectivity index (χ0) is 19.7. The highest BCUT2D eigenvalue weighted by atomic mass is 32.2. The molecule has 28 heavy (non-hydrogen) atoms. The van der Waals surface area contributed by atoms with Gasteiger partial charge in [-0.1, -0.05) is 49.4 Å². The van der Waals surface area contributed by atoms with Gasteiger partial charge in [0.1, 0.15) is 0 Å². The van der Waals surface area contributed by atoms with Crippen molar-refractivity contribution in [1.29, 1.82) is 0 Å². The Kier molecular flexibility index (Phi) is 5.00. The SMILES string of the molecule is CCCCn1c(SCN2C(=O)c3ccccc3C2=O)nc2ccccc2c1=O. The van der Waals surface area contributed by atoms with Crippen molar-refractivity contribution in [3.8, 4) is 0 Å². The first-order chi connectivity index (χ1) is 13.6. The first kappa shape index (κ1) is 18.4. The van der Waals surface area contributed by atoms with Crippen LogP contribution in [0.5, 0.6) is 0 Å². The van der Waals surface area contributed by atoms with E-state index in [4.69, 9.17) is 0 Å². The van der Waals surface area contributed by atoms with Crippen molar-refractivity contribution in [2.24, 2.45) is 0 Å². The topological polar surface area (TPSA) is 72.3 Å². The van der Waals surface area contributed by atoms with Gasteiger partial charge in [0.05, 0.1) is 27.9 Å². The van der Waals surface area contributed by atoms with Crippen LogP contribution in [-0.4, -0.2) is 32.1 Å².